The molecule has 0 saturated carbocycles. The molecule has 0 radical (unpaired) electrons. The molecule has 0 heterocycles. The number of carbonyl (C=O) groups is 1. The number of hydrogen-bond donors (Lipinski definition) is 1. The summed E-state index contributed by atoms with van der Waals surface area (Å²) in [5.41, 5.74) is -0.668. The van der Waals surface area contributed by atoms with Gasteiger partial charge in [-0.3, -0.25) is 0 Å². The highest BCUT2D eigenvalue weighted by molar-refractivity contribution is 5.88. The average Bonchev–Trinajstić information content (AvgIpc) is 2.04. The van der Waals surface area contributed by atoms with Crippen LogP contribution >= 0.6 is 0 Å². The van der Waals surface area contributed by atoms with Crippen molar-refractivity contribution in [2.75, 3.05) is 0 Å². The van der Waals surface area contributed by atoms with Crippen molar-refractivity contribution in [3.05, 3.63) is 34.9 Å². The third-order valence-electron chi connectivity index (χ3n) is 1.77. The van der Waals surface area contributed by atoms with Crippen LogP contribution in [0.4, 0.5) is 8.78 Å². The maximum absolute atomic E-state index is 13.2. The van der Waals surface area contributed by atoms with E-state index in [9.17, 15) is 13.6 Å². The van der Waals surface area contributed by atoms with Crippen LogP contribution < -0.4 is 0 Å². The highest BCUT2D eigenvalue weighted by Crippen LogP contribution is 2.17. The predicted molar refractivity (Wildman–Crippen MR) is 42.7 cm³/mol. The van der Waals surface area contributed by atoms with Gasteiger partial charge in [0.05, 0.1) is 5.56 Å². The molecule has 0 atom stereocenters. The molecule has 0 bridgehead atoms. The first-order valence-corrected chi connectivity index (χ1v) is 3.78. The topological polar surface area (TPSA) is 37.3 Å². The Bertz CT molecular complexity index is 348. The highest BCUT2D eigenvalue weighted by atomic mass is 19.1. The smallest absolute Gasteiger partial charge is 0.338 e. The van der Waals surface area contributed by atoms with Gasteiger partial charge in [-0.2, -0.15) is 0 Å². The van der Waals surface area contributed by atoms with Crippen LogP contribution in [0.3, 0.4) is 0 Å². The van der Waals surface area contributed by atoms with Crippen molar-refractivity contribution in [3.63, 3.8) is 0 Å². The van der Waals surface area contributed by atoms with Gasteiger partial charge in [-0.1, -0.05) is 6.92 Å². The molecule has 1 N–H and O–H groups in total. The predicted octanol–water partition coefficient (Wildman–Crippen LogP) is 2.23. The number of carboxylic acids is 1. The van der Waals surface area contributed by atoms with E-state index < -0.39 is 23.2 Å². The zero-order valence-corrected chi connectivity index (χ0v) is 6.97. The molecule has 2 nitrogen and oxygen atoms in total. The number of hydrogen-bond acceptors (Lipinski definition) is 1. The van der Waals surface area contributed by atoms with Crippen LogP contribution in [0.15, 0.2) is 12.1 Å². The molecular weight excluding hydrogens is 178 g/mol. The molecule has 70 valence electrons. The minimum absolute atomic E-state index is 0.138. The largest absolute Gasteiger partial charge is 0.478 e. The molecule has 1 aromatic carbocycles. The zero-order chi connectivity index (χ0) is 10.0. The third-order valence-corrected chi connectivity index (χ3v) is 1.77. The molecular formula is C9H8F2O2. The van der Waals surface area contributed by atoms with Gasteiger partial charge in [-0.15, -0.1) is 0 Å². The molecule has 0 aromatic heterocycles. The fourth-order valence-electron chi connectivity index (χ4n) is 1.09. The van der Waals surface area contributed by atoms with Gasteiger partial charge in [-0.25, -0.2) is 13.6 Å². The van der Waals surface area contributed by atoms with Crippen LogP contribution in [0.1, 0.15) is 22.8 Å². The summed E-state index contributed by atoms with van der Waals surface area (Å²) in [5, 5.41) is 8.51. The Morgan fingerprint density at radius 2 is 2.08 bits per heavy atom. The SMILES string of the molecule is CCc1c(F)ccc(C(=O)O)c1F. The minimum Gasteiger partial charge on any atom is -0.478 e. The Balaban J connectivity index is 3.35. The first-order chi connectivity index (χ1) is 6.07. The molecule has 4 heteroatoms. The van der Waals surface area contributed by atoms with Gasteiger partial charge in [0.2, 0.25) is 0 Å². The Kier molecular flexibility index (Phi) is 2.60. The first-order valence-electron chi connectivity index (χ1n) is 3.78. The minimum atomic E-state index is -1.38. The van der Waals surface area contributed by atoms with Crippen LogP contribution in [0, 0.1) is 11.6 Å². The fraction of sp³-hybridized carbons (Fsp3) is 0.222. The van der Waals surface area contributed by atoms with Crippen molar-refractivity contribution < 1.29 is 18.7 Å². The summed E-state index contributed by atoms with van der Waals surface area (Å²) in [6.07, 6.45) is 0.138. The summed E-state index contributed by atoms with van der Waals surface area (Å²) in [7, 11) is 0. The van der Waals surface area contributed by atoms with E-state index in [0.29, 0.717) is 0 Å². The van der Waals surface area contributed by atoms with Gasteiger partial charge in [0.15, 0.2) is 0 Å². The van der Waals surface area contributed by atoms with Gasteiger partial charge >= 0.3 is 5.97 Å². The second kappa shape index (κ2) is 3.51. The first kappa shape index (κ1) is 9.64. The Hall–Kier alpha value is -1.45. The molecule has 0 aliphatic heterocycles. The number of carboxylic acid groups (broad SMARTS) is 1. The van der Waals surface area contributed by atoms with Gasteiger partial charge in [0, 0.05) is 5.56 Å². The maximum atomic E-state index is 13.2. The van der Waals surface area contributed by atoms with E-state index >= 15 is 0 Å². The molecule has 1 aromatic rings. The van der Waals surface area contributed by atoms with E-state index in [-0.39, 0.29) is 12.0 Å². The van der Waals surface area contributed by atoms with Crippen molar-refractivity contribution in [3.8, 4) is 0 Å². The molecule has 0 fully saturated rings. The Labute approximate surface area is 73.8 Å². The fourth-order valence-corrected chi connectivity index (χ4v) is 1.09. The summed E-state index contributed by atoms with van der Waals surface area (Å²) < 4.78 is 26.0. The molecule has 0 saturated heterocycles. The summed E-state index contributed by atoms with van der Waals surface area (Å²) >= 11 is 0. The standard InChI is InChI=1S/C9H8F2O2/c1-2-5-7(10)4-3-6(8(5)11)9(12)13/h3-4H,2H2,1H3,(H,12,13). The van der Waals surface area contributed by atoms with E-state index in [1.807, 2.05) is 0 Å². The van der Waals surface area contributed by atoms with E-state index in [4.69, 9.17) is 5.11 Å². The normalized spacial score (nSPS) is 10.1. The number of aromatic carboxylic acids is 1. The van der Waals surface area contributed by atoms with Crippen LogP contribution in [-0.2, 0) is 6.42 Å². The Morgan fingerprint density at radius 1 is 1.46 bits per heavy atom. The molecule has 0 aliphatic rings. The van der Waals surface area contributed by atoms with E-state index in [0.717, 1.165) is 12.1 Å². The van der Waals surface area contributed by atoms with Gasteiger partial charge in [0.1, 0.15) is 11.6 Å². The van der Waals surface area contributed by atoms with Gasteiger partial charge in [-0.05, 0) is 18.6 Å². The number of benzene rings is 1. The molecule has 0 amide bonds. The van der Waals surface area contributed by atoms with Crippen molar-refractivity contribution in [2.24, 2.45) is 0 Å². The van der Waals surface area contributed by atoms with Crippen LogP contribution in [0.5, 0.6) is 0 Å². The van der Waals surface area contributed by atoms with Crippen molar-refractivity contribution in [1.82, 2.24) is 0 Å². The van der Waals surface area contributed by atoms with Crippen LogP contribution in [0.25, 0.3) is 0 Å². The lowest BCUT2D eigenvalue weighted by Gasteiger charge is -2.03. The van der Waals surface area contributed by atoms with E-state index in [2.05, 4.69) is 0 Å². The Morgan fingerprint density at radius 3 is 2.54 bits per heavy atom. The molecule has 1 rings (SSSR count). The third kappa shape index (κ3) is 1.66. The summed E-state index contributed by atoms with van der Waals surface area (Å²) in [5.74, 6) is -3.06. The van der Waals surface area contributed by atoms with Crippen molar-refractivity contribution in [2.45, 2.75) is 13.3 Å². The lowest BCUT2D eigenvalue weighted by molar-refractivity contribution is 0.0691. The summed E-state index contributed by atoms with van der Waals surface area (Å²) in [6, 6.07) is 1.89. The molecule has 0 unspecified atom stereocenters. The number of rotatable bonds is 2. The quantitative estimate of drug-likeness (QED) is 0.768. The van der Waals surface area contributed by atoms with Crippen LogP contribution in [-0.4, -0.2) is 11.1 Å². The lowest BCUT2D eigenvalue weighted by Crippen LogP contribution is -2.05. The summed E-state index contributed by atoms with van der Waals surface area (Å²) in [6.45, 7) is 1.56. The van der Waals surface area contributed by atoms with Crippen molar-refractivity contribution >= 4 is 5.97 Å². The lowest BCUT2D eigenvalue weighted by atomic mass is 10.1. The zero-order valence-electron chi connectivity index (χ0n) is 6.97. The molecule has 13 heavy (non-hydrogen) atoms. The second-order valence-electron chi connectivity index (χ2n) is 2.55. The monoisotopic (exact) mass is 186 g/mol. The van der Waals surface area contributed by atoms with E-state index in [1.54, 1.807) is 6.92 Å². The van der Waals surface area contributed by atoms with Crippen molar-refractivity contribution in [1.29, 1.82) is 0 Å². The highest BCUT2D eigenvalue weighted by Gasteiger charge is 2.16. The number of halogens is 2. The van der Waals surface area contributed by atoms with E-state index in [1.165, 1.54) is 0 Å². The second-order valence-corrected chi connectivity index (χ2v) is 2.55. The van der Waals surface area contributed by atoms with Gasteiger partial charge in [0.25, 0.3) is 0 Å². The molecule has 0 aliphatic carbocycles. The van der Waals surface area contributed by atoms with Crippen LogP contribution in [0.2, 0.25) is 0 Å². The summed E-state index contributed by atoms with van der Waals surface area (Å²) in [4.78, 5) is 10.4. The average molecular weight is 186 g/mol. The molecule has 0 spiro atoms. The maximum Gasteiger partial charge on any atom is 0.338 e. The van der Waals surface area contributed by atoms with Gasteiger partial charge < -0.3 is 5.11 Å².